The van der Waals surface area contributed by atoms with Crippen molar-refractivity contribution in [2.45, 2.75) is 20.3 Å². The maximum atomic E-state index is 11.6. The van der Waals surface area contributed by atoms with Crippen LogP contribution in [0.25, 0.3) is 0 Å². The number of rotatable bonds is 4. The zero-order chi connectivity index (χ0) is 12.8. The van der Waals surface area contributed by atoms with Crippen molar-refractivity contribution in [1.82, 2.24) is 5.32 Å². The van der Waals surface area contributed by atoms with Crippen molar-refractivity contribution in [3.63, 3.8) is 0 Å². The summed E-state index contributed by atoms with van der Waals surface area (Å²) in [5, 5.41) is 11.4. The Morgan fingerprint density at radius 2 is 2.24 bits per heavy atom. The first-order chi connectivity index (χ1) is 8.13. The molecule has 1 aliphatic rings. The molecule has 0 fully saturated rings. The van der Waals surface area contributed by atoms with Crippen molar-refractivity contribution >= 4 is 11.9 Å². The van der Waals surface area contributed by atoms with E-state index in [1.165, 1.54) is 0 Å². The van der Waals surface area contributed by atoms with Gasteiger partial charge < -0.3 is 9.47 Å². The van der Waals surface area contributed by atoms with Crippen LogP contribution in [0.2, 0.25) is 0 Å². The number of esters is 1. The Hall–Kier alpha value is -2.03. The van der Waals surface area contributed by atoms with Crippen molar-refractivity contribution in [3.8, 4) is 6.07 Å². The quantitative estimate of drug-likeness (QED) is 0.718. The van der Waals surface area contributed by atoms with Crippen molar-refractivity contribution in [3.05, 3.63) is 11.5 Å². The van der Waals surface area contributed by atoms with E-state index >= 15 is 0 Å². The number of amides is 1. The number of nitrogens with one attached hydrogen (secondary N) is 1. The standard InChI is InChI=1S/C11H14N2O4/c1-3-16-10-8(6-12)7(5-9(14)13-10)11(15)17-4-2/h7H,3-5H2,1-2H3,(H,13,14). The molecule has 1 unspecified atom stereocenters. The highest BCUT2D eigenvalue weighted by atomic mass is 16.5. The molecule has 0 radical (unpaired) electrons. The third-order valence-electron chi connectivity index (χ3n) is 2.22. The number of carbonyl (C=O) groups is 2. The van der Waals surface area contributed by atoms with E-state index in [1.54, 1.807) is 13.8 Å². The highest BCUT2D eigenvalue weighted by Gasteiger charge is 2.35. The Kier molecular flexibility index (Phi) is 4.52. The lowest BCUT2D eigenvalue weighted by molar-refractivity contribution is -0.148. The van der Waals surface area contributed by atoms with Gasteiger partial charge in [-0.15, -0.1) is 0 Å². The number of hydrogen-bond donors (Lipinski definition) is 1. The van der Waals surface area contributed by atoms with Gasteiger partial charge >= 0.3 is 5.97 Å². The maximum Gasteiger partial charge on any atom is 0.314 e. The third-order valence-corrected chi connectivity index (χ3v) is 2.22. The molecular weight excluding hydrogens is 224 g/mol. The molecule has 0 spiro atoms. The van der Waals surface area contributed by atoms with Crippen molar-refractivity contribution in [1.29, 1.82) is 5.26 Å². The van der Waals surface area contributed by atoms with E-state index in [1.807, 2.05) is 6.07 Å². The van der Waals surface area contributed by atoms with Gasteiger partial charge in [-0.25, -0.2) is 0 Å². The Balaban J connectivity index is 3.02. The molecule has 1 heterocycles. The summed E-state index contributed by atoms with van der Waals surface area (Å²) < 4.78 is 9.96. The zero-order valence-electron chi connectivity index (χ0n) is 9.78. The number of nitrogens with zero attached hydrogens (tertiary/aromatic N) is 1. The summed E-state index contributed by atoms with van der Waals surface area (Å²) in [5.41, 5.74) is 0.116. The molecule has 1 atom stereocenters. The first kappa shape index (κ1) is 13.0. The molecule has 1 aliphatic heterocycles. The van der Waals surface area contributed by atoms with Crippen LogP contribution in [-0.2, 0) is 19.1 Å². The second-order valence-electron chi connectivity index (χ2n) is 3.34. The molecule has 0 saturated heterocycles. The molecule has 0 aliphatic carbocycles. The summed E-state index contributed by atoms with van der Waals surface area (Å²) in [4.78, 5) is 23.0. The molecule has 0 saturated carbocycles. The molecule has 6 heteroatoms. The van der Waals surface area contributed by atoms with Gasteiger partial charge in [-0.05, 0) is 13.8 Å². The minimum absolute atomic E-state index is 0.0595. The predicted molar refractivity (Wildman–Crippen MR) is 57.1 cm³/mol. The lowest BCUT2D eigenvalue weighted by Gasteiger charge is -2.23. The summed E-state index contributed by atoms with van der Waals surface area (Å²) in [7, 11) is 0. The Labute approximate surface area is 99.2 Å². The Bertz CT molecular complexity index is 395. The smallest absolute Gasteiger partial charge is 0.314 e. The van der Waals surface area contributed by atoms with Crippen LogP contribution in [0.5, 0.6) is 0 Å². The monoisotopic (exact) mass is 238 g/mol. The first-order valence-corrected chi connectivity index (χ1v) is 5.37. The lowest BCUT2D eigenvalue weighted by atomic mass is 9.93. The van der Waals surface area contributed by atoms with Crippen LogP contribution in [0.3, 0.4) is 0 Å². The van der Waals surface area contributed by atoms with Crippen molar-refractivity contribution < 1.29 is 19.1 Å². The SMILES string of the molecule is CCOC(=O)C1CC(=O)NC(OCC)=C1C#N. The number of ether oxygens (including phenoxy) is 2. The molecule has 6 nitrogen and oxygen atoms in total. The van der Waals surface area contributed by atoms with E-state index < -0.39 is 11.9 Å². The molecular formula is C11H14N2O4. The van der Waals surface area contributed by atoms with Gasteiger partial charge in [-0.2, -0.15) is 5.26 Å². The molecule has 0 bridgehead atoms. The predicted octanol–water partition coefficient (Wildman–Crippen LogP) is 0.457. The summed E-state index contributed by atoms with van der Waals surface area (Å²) in [6.07, 6.45) is -0.0850. The van der Waals surface area contributed by atoms with E-state index in [0.29, 0.717) is 6.61 Å². The minimum Gasteiger partial charge on any atom is -0.478 e. The van der Waals surface area contributed by atoms with Gasteiger partial charge in [0.15, 0.2) is 0 Å². The van der Waals surface area contributed by atoms with Crippen molar-refractivity contribution in [2.24, 2.45) is 5.92 Å². The molecule has 92 valence electrons. The van der Waals surface area contributed by atoms with Crippen molar-refractivity contribution in [2.75, 3.05) is 13.2 Å². The largest absolute Gasteiger partial charge is 0.478 e. The second kappa shape index (κ2) is 5.89. The number of nitriles is 1. The summed E-state index contributed by atoms with van der Waals surface area (Å²) in [5.74, 6) is -1.74. The molecule has 0 aromatic carbocycles. The summed E-state index contributed by atoms with van der Waals surface area (Å²) in [6.45, 7) is 3.90. The fraction of sp³-hybridized carbons (Fsp3) is 0.545. The Morgan fingerprint density at radius 1 is 1.53 bits per heavy atom. The average Bonchev–Trinajstić information content (AvgIpc) is 2.29. The van der Waals surface area contributed by atoms with Gasteiger partial charge in [0.1, 0.15) is 17.6 Å². The van der Waals surface area contributed by atoms with E-state index in [-0.39, 0.29) is 30.4 Å². The van der Waals surface area contributed by atoms with E-state index in [4.69, 9.17) is 14.7 Å². The van der Waals surface area contributed by atoms with E-state index in [9.17, 15) is 9.59 Å². The van der Waals surface area contributed by atoms with Crippen LogP contribution in [0.1, 0.15) is 20.3 Å². The topological polar surface area (TPSA) is 88.4 Å². The molecule has 1 rings (SSSR count). The minimum atomic E-state index is -0.866. The van der Waals surface area contributed by atoms with Crippen LogP contribution in [0, 0.1) is 17.2 Å². The highest BCUT2D eigenvalue weighted by molar-refractivity contribution is 5.89. The summed E-state index contributed by atoms with van der Waals surface area (Å²) >= 11 is 0. The highest BCUT2D eigenvalue weighted by Crippen LogP contribution is 2.24. The third kappa shape index (κ3) is 2.97. The van der Waals surface area contributed by atoms with Gasteiger partial charge in [-0.3, -0.25) is 14.9 Å². The molecule has 1 N–H and O–H groups in total. The molecule has 0 aromatic heterocycles. The van der Waals surface area contributed by atoms with Gasteiger partial charge in [0.25, 0.3) is 0 Å². The van der Waals surface area contributed by atoms with E-state index in [2.05, 4.69) is 5.32 Å². The lowest BCUT2D eigenvalue weighted by Crippen LogP contribution is -2.37. The van der Waals surface area contributed by atoms with Crippen LogP contribution in [0.15, 0.2) is 11.5 Å². The molecule has 17 heavy (non-hydrogen) atoms. The van der Waals surface area contributed by atoms with Gasteiger partial charge in [-0.1, -0.05) is 0 Å². The van der Waals surface area contributed by atoms with Crippen LogP contribution in [0.4, 0.5) is 0 Å². The maximum absolute atomic E-state index is 11.6. The first-order valence-electron chi connectivity index (χ1n) is 5.37. The van der Waals surface area contributed by atoms with Gasteiger partial charge in [0, 0.05) is 6.42 Å². The summed E-state index contributed by atoms with van der Waals surface area (Å²) in [6, 6.07) is 1.89. The zero-order valence-corrected chi connectivity index (χ0v) is 9.78. The van der Waals surface area contributed by atoms with Crippen LogP contribution >= 0.6 is 0 Å². The fourth-order valence-corrected chi connectivity index (χ4v) is 1.52. The van der Waals surface area contributed by atoms with Crippen LogP contribution < -0.4 is 5.32 Å². The number of carbonyl (C=O) groups excluding carboxylic acids is 2. The van der Waals surface area contributed by atoms with Gasteiger partial charge in [0.05, 0.1) is 13.2 Å². The normalized spacial score (nSPS) is 19.4. The molecule has 0 aromatic rings. The van der Waals surface area contributed by atoms with Gasteiger partial charge in [0.2, 0.25) is 11.8 Å². The Morgan fingerprint density at radius 3 is 2.76 bits per heavy atom. The molecule has 1 amide bonds. The van der Waals surface area contributed by atoms with Crippen LogP contribution in [-0.4, -0.2) is 25.1 Å². The van der Waals surface area contributed by atoms with E-state index in [0.717, 1.165) is 0 Å². The number of hydrogen-bond acceptors (Lipinski definition) is 5. The fourth-order valence-electron chi connectivity index (χ4n) is 1.52. The second-order valence-corrected chi connectivity index (χ2v) is 3.34. The average molecular weight is 238 g/mol.